The number of rotatable bonds is 4. The minimum Gasteiger partial charge on any atom is -0.393 e. The third-order valence-electron chi connectivity index (χ3n) is 3.40. The van der Waals surface area contributed by atoms with Gasteiger partial charge in [0, 0.05) is 22.9 Å². The van der Waals surface area contributed by atoms with Crippen molar-refractivity contribution in [2.24, 2.45) is 0 Å². The van der Waals surface area contributed by atoms with Gasteiger partial charge in [0.05, 0.1) is 19.3 Å². The van der Waals surface area contributed by atoms with Gasteiger partial charge in [0.2, 0.25) is 0 Å². The third-order valence-corrected chi connectivity index (χ3v) is 3.40. The standard InChI is InChI=1S/C15H15F2N3O4/c1-8(22)2-3-9-6-20(15(23)19-13(9)18)14-11(5-17)10(4-16)12(7-21)24-14/h2-6,12,14,21H,7H2,1H3,(H2,18,19,23)/b3-2+,10-4+,11-5+. The Morgan fingerprint density at radius 3 is 2.67 bits per heavy atom. The molecule has 1 fully saturated rings. The summed E-state index contributed by atoms with van der Waals surface area (Å²) in [4.78, 5) is 26.6. The second-order valence-corrected chi connectivity index (χ2v) is 5.00. The first kappa shape index (κ1) is 17.7. The molecule has 2 heterocycles. The maximum absolute atomic E-state index is 13.2. The van der Waals surface area contributed by atoms with E-state index in [1.54, 1.807) is 0 Å². The minimum absolute atomic E-state index is 0.0968. The molecule has 1 saturated heterocycles. The van der Waals surface area contributed by atoms with Crippen LogP contribution in [0, 0.1) is 0 Å². The lowest BCUT2D eigenvalue weighted by Crippen LogP contribution is -2.29. The van der Waals surface area contributed by atoms with Gasteiger partial charge in [0.1, 0.15) is 11.9 Å². The van der Waals surface area contributed by atoms with Crippen molar-refractivity contribution >= 4 is 17.7 Å². The molecule has 2 rings (SSSR count). The molecule has 7 nitrogen and oxygen atoms in total. The molecule has 2 atom stereocenters. The number of hydrogen-bond donors (Lipinski definition) is 2. The molecule has 0 aliphatic carbocycles. The Morgan fingerprint density at radius 1 is 1.46 bits per heavy atom. The Labute approximate surface area is 135 Å². The van der Waals surface area contributed by atoms with Crippen LogP contribution in [0.15, 0.2) is 40.9 Å². The van der Waals surface area contributed by atoms with E-state index in [0.717, 1.165) is 4.57 Å². The molecule has 3 N–H and O–H groups in total. The fraction of sp³-hybridized carbons (Fsp3) is 0.267. The highest BCUT2D eigenvalue weighted by molar-refractivity contribution is 5.92. The van der Waals surface area contributed by atoms with Gasteiger partial charge in [-0.05, 0) is 19.1 Å². The first-order valence-corrected chi connectivity index (χ1v) is 6.87. The van der Waals surface area contributed by atoms with Gasteiger partial charge in [-0.15, -0.1) is 0 Å². The van der Waals surface area contributed by atoms with Crippen LogP contribution in [0.5, 0.6) is 0 Å². The first-order chi connectivity index (χ1) is 11.4. The number of carbonyl (C=O) groups is 1. The summed E-state index contributed by atoms with van der Waals surface area (Å²) >= 11 is 0. The molecule has 0 saturated carbocycles. The van der Waals surface area contributed by atoms with Gasteiger partial charge in [0.15, 0.2) is 12.0 Å². The maximum atomic E-state index is 13.2. The lowest BCUT2D eigenvalue weighted by atomic mass is 10.1. The molecule has 0 spiro atoms. The molecule has 9 heteroatoms. The number of ketones is 1. The lowest BCUT2D eigenvalue weighted by molar-refractivity contribution is -0.112. The Hall–Kier alpha value is -2.65. The molecule has 128 valence electrons. The van der Waals surface area contributed by atoms with Crippen LogP contribution in [-0.4, -0.2) is 33.2 Å². The number of hydrogen-bond acceptors (Lipinski definition) is 6. The van der Waals surface area contributed by atoms with Crippen LogP contribution in [0.2, 0.25) is 0 Å². The van der Waals surface area contributed by atoms with Gasteiger partial charge < -0.3 is 15.6 Å². The van der Waals surface area contributed by atoms with Crippen molar-refractivity contribution in [1.29, 1.82) is 0 Å². The number of carbonyl (C=O) groups excluding carboxylic acids is 1. The van der Waals surface area contributed by atoms with Crippen LogP contribution >= 0.6 is 0 Å². The smallest absolute Gasteiger partial charge is 0.351 e. The number of aliphatic hydroxyl groups excluding tert-OH is 1. The summed E-state index contributed by atoms with van der Waals surface area (Å²) in [6.45, 7) is 0.724. The molecule has 1 aromatic heterocycles. The van der Waals surface area contributed by atoms with Gasteiger partial charge in [-0.25, -0.2) is 13.6 Å². The van der Waals surface area contributed by atoms with Crippen molar-refractivity contribution in [3.05, 3.63) is 52.1 Å². The number of anilines is 1. The van der Waals surface area contributed by atoms with E-state index in [9.17, 15) is 23.5 Å². The fourth-order valence-corrected chi connectivity index (χ4v) is 2.24. The Bertz CT molecular complexity index is 798. The monoisotopic (exact) mass is 339 g/mol. The van der Waals surface area contributed by atoms with E-state index in [0.29, 0.717) is 0 Å². The van der Waals surface area contributed by atoms with Crippen molar-refractivity contribution in [1.82, 2.24) is 9.55 Å². The van der Waals surface area contributed by atoms with Gasteiger partial charge in [0.25, 0.3) is 0 Å². The fourth-order valence-electron chi connectivity index (χ4n) is 2.24. The van der Waals surface area contributed by atoms with Crippen molar-refractivity contribution in [2.75, 3.05) is 12.3 Å². The highest BCUT2D eigenvalue weighted by Crippen LogP contribution is 2.38. The van der Waals surface area contributed by atoms with E-state index in [2.05, 4.69) is 4.98 Å². The summed E-state index contributed by atoms with van der Waals surface area (Å²) in [5.74, 6) is -0.380. The average molecular weight is 339 g/mol. The van der Waals surface area contributed by atoms with Crippen LogP contribution in [0.4, 0.5) is 14.6 Å². The minimum atomic E-state index is -1.32. The van der Waals surface area contributed by atoms with Crippen LogP contribution in [0.3, 0.4) is 0 Å². The number of allylic oxidation sites excluding steroid dienone is 1. The molecule has 1 aliphatic rings. The third kappa shape index (κ3) is 3.31. The van der Waals surface area contributed by atoms with Gasteiger partial charge in [-0.3, -0.25) is 9.36 Å². The molecule has 1 aromatic rings. The van der Waals surface area contributed by atoms with E-state index in [-0.39, 0.29) is 41.0 Å². The number of aromatic nitrogens is 2. The second-order valence-electron chi connectivity index (χ2n) is 5.00. The summed E-state index contributed by atoms with van der Waals surface area (Å²) in [7, 11) is 0. The zero-order valence-corrected chi connectivity index (χ0v) is 12.6. The topological polar surface area (TPSA) is 107 Å². The van der Waals surface area contributed by atoms with Crippen LogP contribution in [0.1, 0.15) is 18.7 Å². The lowest BCUT2D eigenvalue weighted by Gasteiger charge is -2.15. The van der Waals surface area contributed by atoms with E-state index < -0.39 is 24.6 Å². The number of nitrogen functional groups attached to an aromatic ring is 1. The van der Waals surface area contributed by atoms with Crippen molar-refractivity contribution in [2.45, 2.75) is 19.3 Å². The normalized spacial score (nSPS) is 24.3. The summed E-state index contributed by atoms with van der Waals surface area (Å²) < 4.78 is 32.4. The highest BCUT2D eigenvalue weighted by atomic mass is 19.1. The molecule has 2 unspecified atom stereocenters. The maximum Gasteiger partial charge on any atom is 0.351 e. The van der Waals surface area contributed by atoms with Crippen LogP contribution < -0.4 is 11.4 Å². The molecule has 0 amide bonds. The number of halogens is 2. The van der Waals surface area contributed by atoms with E-state index in [4.69, 9.17) is 10.5 Å². The van der Waals surface area contributed by atoms with Crippen LogP contribution in [-0.2, 0) is 9.53 Å². The van der Waals surface area contributed by atoms with Gasteiger partial charge in [-0.2, -0.15) is 4.98 Å². The van der Waals surface area contributed by atoms with Gasteiger partial charge >= 0.3 is 5.69 Å². The average Bonchev–Trinajstić information content (AvgIpc) is 2.91. The predicted molar refractivity (Wildman–Crippen MR) is 82.0 cm³/mol. The van der Waals surface area contributed by atoms with E-state index in [1.807, 2.05) is 0 Å². The summed E-state index contributed by atoms with van der Waals surface area (Å²) in [5, 5.41) is 9.21. The Kier molecular flexibility index (Phi) is 5.37. The molecule has 1 aliphatic heterocycles. The summed E-state index contributed by atoms with van der Waals surface area (Å²) in [5.41, 5.74) is 4.52. The second kappa shape index (κ2) is 7.28. The molecule has 0 bridgehead atoms. The SMILES string of the molecule is CC(=O)/C=C/c1cn(C2OC(CO)C(=C/F)/C2=C\F)c(=O)nc1N. The Morgan fingerprint density at radius 2 is 2.12 bits per heavy atom. The molecular weight excluding hydrogens is 324 g/mol. The zero-order valence-electron chi connectivity index (χ0n) is 12.6. The summed E-state index contributed by atoms with van der Waals surface area (Å²) in [6.07, 6.45) is 1.53. The van der Waals surface area contributed by atoms with Crippen LogP contribution in [0.25, 0.3) is 6.08 Å². The number of nitrogens with two attached hydrogens (primary N) is 1. The molecule has 0 aromatic carbocycles. The van der Waals surface area contributed by atoms with Crippen molar-refractivity contribution in [3.8, 4) is 0 Å². The molecular formula is C15H15F2N3O4. The van der Waals surface area contributed by atoms with E-state index >= 15 is 0 Å². The van der Waals surface area contributed by atoms with E-state index in [1.165, 1.54) is 25.3 Å². The zero-order chi connectivity index (χ0) is 17.9. The largest absolute Gasteiger partial charge is 0.393 e. The molecule has 24 heavy (non-hydrogen) atoms. The highest BCUT2D eigenvalue weighted by Gasteiger charge is 2.37. The first-order valence-electron chi connectivity index (χ1n) is 6.87. The number of aliphatic hydroxyl groups is 1. The van der Waals surface area contributed by atoms with Crippen molar-refractivity contribution in [3.63, 3.8) is 0 Å². The number of nitrogens with zero attached hydrogens (tertiary/aromatic N) is 2. The quantitative estimate of drug-likeness (QED) is 0.793. The Balaban J connectivity index is 2.54. The molecule has 0 radical (unpaired) electrons. The van der Waals surface area contributed by atoms with Gasteiger partial charge in [-0.1, -0.05) is 0 Å². The number of ether oxygens (including phenoxy) is 1. The summed E-state index contributed by atoms with van der Waals surface area (Å²) in [6, 6.07) is 0. The van der Waals surface area contributed by atoms with Crippen molar-refractivity contribution < 1.29 is 23.4 Å². The predicted octanol–water partition coefficient (Wildman–Crippen LogP) is 1.02.